The second-order valence-electron chi connectivity index (χ2n) is 2.90. The largest absolute Gasteiger partial charge is 0.396 e. The number of nitrogen functional groups attached to an aromatic ring is 1. The molecule has 0 aliphatic rings. The Morgan fingerprint density at radius 3 is 2.87 bits per heavy atom. The van der Waals surface area contributed by atoms with Crippen LogP contribution in [0, 0.1) is 0 Å². The van der Waals surface area contributed by atoms with Crippen molar-refractivity contribution in [3.63, 3.8) is 0 Å². The van der Waals surface area contributed by atoms with Crippen LogP contribution in [0.3, 0.4) is 0 Å². The Kier molecular flexibility index (Phi) is 4.07. The molecule has 0 aliphatic carbocycles. The van der Waals surface area contributed by atoms with E-state index in [0.717, 1.165) is 0 Å². The molecule has 0 radical (unpaired) electrons. The molecule has 0 spiro atoms. The van der Waals surface area contributed by atoms with Gasteiger partial charge in [-0.15, -0.1) is 0 Å². The molecule has 0 fully saturated rings. The van der Waals surface area contributed by atoms with Crippen LogP contribution in [0.5, 0.6) is 0 Å². The predicted molar refractivity (Wildman–Crippen MR) is 53.1 cm³/mol. The first kappa shape index (κ1) is 11.5. The highest BCUT2D eigenvalue weighted by molar-refractivity contribution is 5.95. The summed E-state index contributed by atoms with van der Waals surface area (Å²) in [6, 6.07) is 0. The highest BCUT2D eigenvalue weighted by Crippen LogP contribution is 2.07. The van der Waals surface area contributed by atoms with E-state index in [-0.39, 0.29) is 24.6 Å². The Labute approximate surface area is 86.6 Å². The molecule has 7 heteroatoms. The number of hydrogen-bond acceptors (Lipinski definition) is 5. The van der Waals surface area contributed by atoms with Crippen molar-refractivity contribution in [1.29, 1.82) is 0 Å². The zero-order chi connectivity index (χ0) is 11.3. The molecule has 0 aliphatic heterocycles. The number of primary amides is 1. The summed E-state index contributed by atoms with van der Waals surface area (Å²) in [5.41, 5.74) is 10.9. The van der Waals surface area contributed by atoms with Gasteiger partial charge in [0.1, 0.15) is 0 Å². The molecule has 7 nitrogen and oxygen atoms in total. The lowest BCUT2D eigenvalue weighted by Crippen LogP contribution is -2.15. The summed E-state index contributed by atoms with van der Waals surface area (Å²) in [7, 11) is 0. The molecule has 0 saturated carbocycles. The number of carbonyl (C=O) groups excluding carboxylic acids is 1. The average molecular weight is 214 g/mol. The van der Waals surface area contributed by atoms with Crippen molar-refractivity contribution in [2.45, 2.75) is 6.54 Å². The quantitative estimate of drug-likeness (QED) is 0.502. The molecular weight excluding hydrogens is 200 g/mol. The molecule has 0 bridgehead atoms. The minimum absolute atomic E-state index is 0.0201. The number of anilines is 1. The van der Waals surface area contributed by atoms with Crippen LogP contribution in [0.1, 0.15) is 10.5 Å². The molecule has 1 aromatic rings. The van der Waals surface area contributed by atoms with Crippen molar-refractivity contribution in [3.8, 4) is 0 Å². The van der Waals surface area contributed by atoms with E-state index < -0.39 is 5.91 Å². The number of amides is 1. The number of rotatable bonds is 6. The Morgan fingerprint density at radius 2 is 2.33 bits per heavy atom. The van der Waals surface area contributed by atoms with E-state index in [9.17, 15) is 4.79 Å². The minimum atomic E-state index is -0.650. The number of carbonyl (C=O) groups is 1. The number of nitrogens with zero attached hydrogens (tertiary/aromatic N) is 2. The Hall–Kier alpha value is -1.60. The molecule has 0 saturated heterocycles. The first-order valence-corrected chi connectivity index (χ1v) is 4.46. The van der Waals surface area contributed by atoms with Gasteiger partial charge in [0, 0.05) is 6.20 Å². The SMILES string of the molecule is NC(=O)c1nn(CCOCCO)cc1N. The summed E-state index contributed by atoms with van der Waals surface area (Å²) in [6.45, 7) is 1.10. The van der Waals surface area contributed by atoms with Crippen molar-refractivity contribution in [2.75, 3.05) is 25.6 Å². The van der Waals surface area contributed by atoms with E-state index in [1.165, 1.54) is 10.9 Å². The van der Waals surface area contributed by atoms with E-state index in [0.29, 0.717) is 13.2 Å². The molecule has 84 valence electrons. The van der Waals surface area contributed by atoms with Gasteiger partial charge in [0.25, 0.3) is 5.91 Å². The number of aromatic nitrogens is 2. The van der Waals surface area contributed by atoms with Gasteiger partial charge in [-0.05, 0) is 0 Å². The van der Waals surface area contributed by atoms with Crippen LogP contribution >= 0.6 is 0 Å². The number of hydrogen-bond donors (Lipinski definition) is 3. The van der Waals surface area contributed by atoms with Gasteiger partial charge >= 0.3 is 0 Å². The number of nitrogens with two attached hydrogens (primary N) is 2. The van der Waals surface area contributed by atoms with Gasteiger partial charge in [-0.25, -0.2) is 0 Å². The highest BCUT2D eigenvalue weighted by Gasteiger charge is 2.10. The minimum Gasteiger partial charge on any atom is -0.396 e. The van der Waals surface area contributed by atoms with E-state index in [1.54, 1.807) is 0 Å². The molecular formula is C8H14N4O3. The van der Waals surface area contributed by atoms with Crippen LogP contribution in [-0.4, -0.2) is 40.6 Å². The summed E-state index contributed by atoms with van der Waals surface area (Å²) in [5, 5.41) is 12.3. The number of aliphatic hydroxyl groups excluding tert-OH is 1. The summed E-state index contributed by atoms with van der Waals surface area (Å²) in [4.78, 5) is 10.8. The summed E-state index contributed by atoms with van der Waals surface area (Å²) < 4.78 is 6.51. The van der Waals surface area contributed by atoms with E-state index in [2.05, 4.69) is 5.10 Å². The van der Waals surface area contributed by atoms with Crippen molar-refractivity contribution < 1.29 is 14.6 Å². The van der Waals surface area contributed by atoms with Crippen molar-refractivity contribution >= 4 is 11.6 Å². The van der Waals surface area contributed by atoms with Crippen LogP contribution in [0.4, 0.5) is 5.69 Å². The molecule has 0 aromatic carbocycles. The lowest BCUT2D eigenvalue weighted by atomic mass is 10.4. The lowest BCUT2D eigenvalue weighted by Gasteiger charge is -2.01. The molecule has 1 rings (SSSR count). The standard InChI is InChI=1S/C8H14N4O3/c9-6-5-12(1-3-15-4-2-13)11-7(6)8(10)14/h5,13H,1-4,9H2,(H2,10,14). The second kappa shape index (κ2) is 5.32. The molecule has 0 atom stereocenters. The summed E-state index contributed by atoms with van der Waals surface area (Å²) in [6.07, 6.45) is 1.52. The van der Waals surface area contributed by atoms with Crippen molar-refractivity contribution in [2.24, 2.45) is 5.73 Å². The van der Waals surface area contributed by atoms with Gasteiger partial charge in [0.2, 0.25) is 0 Å². The normalized spacial score (nSPS) is 10.5. The van der Waals surface area contributed by atoms with Crippen LogP contribution in [0.15, 0.2) is 6.20 Å². The fourth-order valence-electron chi connectivity index (χ4n) is 1.07. The number of aliphatic hydroxyl groups is 1. The smallest absolute Gasteiger partial charge is 0.271 e. The zero-order valence-corrected chi connectivity index (χ0v) is 8.22. The van der Waals surface area contributed by atoms with Gasteiger partial charge in [0.15, 0.2) is 5.69 Å². The van der Waals surface area contributed by atoms with Gasteiger partial charge in [-0.3, -0.25) is 9.48 Å². The highest BCUT2D eigenvalue weighted by atomic mass is 16.5. The van der Waals surface area contributed by atoms with Crippen LogP contribution < -0.4 is 11.5 Å². The summed E-state index contributed by atoms with van der Waals surface area (Å²) in [5.74, 6) is -0.650. The summed E-state index contributed by atoms with van der Waals surface area (Å²) >= 11 is 0. The molecule has 5 N–H and O–H groups in total. The van der Waals surface area contributed by atoms with E-state index >= 15 is 0 Å². The van der Waals surface area contributed by atoms with Crippen molar-refractivity contribution in [3.05, 3.63) is 11.9 Å². The third-order valence-corrected chi connectivity index (χ3v) is 1.72. The Morgan fingerprint density at radius 1 is 1.60 bits per heavy atom. The maximum absolute atomic E-state index is 10.8. The molecule has 1 heterocycles. The molecule has 15 heavy (non-hydrogen) atoms. The molecule has 1 amide bonds. The van der Waals surface area contributed by atoms with Gasteiger partial charge in [0.05, 0.1) is 32.1 Å². The lowest BCUT2D eigenvalue weighted by molar-refractivity contribution is 0.0851. The third-order valence-electron chi connectivity index (χ3n) is 1.72. The topological polar surface area (TPSA) is 116 Å². The Balaban J connectivity index is 2.48. The van der Waals surface area contributed by atoms with E-state index in [4.69, 9.17) is 21.3 Å². The maximum Gasteiger partial charge on any atom is 0.271 e. The Bertz CT molecular complexity index is 337. The fourth-order valence-corrected chi connectivity index (χ4v) is 1.07. The first-order chi connectivity index (χ1) is 7.15. The predicted octanol–water partition coefficient (Wildman–Crippen LogP) is -1.43. The average Bonchev–Trinajstić information content (AvgIpc) is 2.55. The van der Waals surface area contributed by atoms with E-state index in [1.807, 2.05) is 0 Å². The first-order valence-electron chi connectivity index (χ1n) is 4.46. The van der Waals surface area contributed by atoms with Gasteiger partial charge < -0.3 is 21.3 Å². The number of ether oxygens (including phenoxy) is 1. The maximum atomic E-state index is 10.8. The molecule has 1 aromatic heterocycles. The van der Waals surface area contributed by atoms with Crippen LogP contribution in [-0.2, 0) is 11.3 Å². The third kappa shape index (κ3) is 3.22. The van der Waals surface area contributed by atoms with Gasteiger partial charge in [-0.2, -0.15) is 5.10 Å². The van der Waals surface area contributed by atoms with Crippen LogP contribution in [0.25, 0.3) is 0 Å². The zero-order valence-electron chi connectivity index (χ0n) is 8.22. The monoisotopic (exact) mass is 214 g/mol. The van der Waals surface area contributed by atoms with Crippen molar-refractivity contribution in [1.82, 2.24) is 9.78 Å². The molecule has 0 unspecified atom stereocenters. The van der Waals surface area contributed by atoms with Gasteiger partial charge in [-0.1, -0.05) is 0 Å². The second-order valence-corrected chi connectivity index (χ2v) is 2.90. The van der Waals surface area contributed by atoms with Crippen LogP contribution in [0.2, 0.25) is 0 Å². The fraction of sp³-hybridized carbons (Fsp3) is 0.500.